The van der Waals surface area contributed by atoms with Gasteiger partial charge in [-0.25, -0.2) is 0 Å². The summed E-state index contributed by atoms with van der Waals surface area (Å²) in [7, 11) is 0. The third-order valence-electron chi connectivity index (χ3n) is 3.66. The molecule has 2 aliphatic rings. The van der Waals surface area contributed by atoms with Gasteiger partial charge >= 0.3 is 0 Å². The number of anilines is 2. The number of benzene rings is 1. The van der Waals surface area contributed by atoms with Crippen molar-refractivity contribution in [3.05, 3.63) is 23.2 Å². The number of nitrogens with one attached hydrogen (secondary N) is 2. The van der Waals surface area contributed by atoms with Crippen LogP contribution in [0, 0.1) is 5.41 Å². The number of para-hydroxylation sites is 1. The zero-order valence-electron chi connectivity index (χ0n) is 8.85. The Morgan fingerprint density at radius 1 is 1.31 bits per heavy atom. The first-order valence-electron chi connectivity index (χ1n) is 5.55. The van der Waals surface area contributed by atoms with Crippen LogP contribution >= 0.6 is 11.6 Å². The lowest BCUT2D eigenvalue weighted by molar-refractivity contribution is -0.129. The minimum atomic E-state index is -0.206. The van der Waals surface area contributed by atoms with Gasteiger partial charge in [0, 0.05) is 6.54 Å². The molecule has 0 unspecified atom stereocenters. The zero-order valence-corrected chi connectivity index (χ0v) is 9.60. The second kappa shape index (κ2) is 3.39. The molecule has 0 aromatic heterocycles. The van der Waals surface area contributed by atoms with Crippen molar-refractivity contribution >= 4 is 28.9 Å². The van der Waals surface area contributed by atoms with E-state index in [1.54, 1.807) is 6.07 Å². The van der Waals surface area contributed by atoms with Crippen molar-refractivity contribution in [2.24, 2.45) is 5.41 Å². The summed E-state index contributed by atoms with van der Waals surface area (Å²) in [6.07, 6.45) is 3.08. The van der Waals surface area contributed by atoms with Gasteiger partial charge < -0.3 is 10.6 Å². The minimum absolute atomic E-state index is 0.109. The van der Waals surface area contributed by atoms with E-state index in [0.717, 1.165) is 30.6 Å². The Morgan fingerprint density at radius 3 is 2.81 bits per heavy atom. The fourth-order valence-electron chi connectivity index (χ4n) is 2.40. The molecule has 1 aromatic rings. The summed E-state index contributed by atoms with van der Waals surface area (Å²) in [6, 6.07) is 5.62. The third kappa shape index (κ3) is 1.31. The quantitative estimate of drug-likeness (QED) is 0.727. The van der Waals surface area contributed by atoms with E-state index in [1.807, 2.05) is 12.1 Å². The van der Waals surface area contributed by atoms with Gasteiger partial charge in [-0.2, -0.15) is 0 Å². The number of carbonyl (C=O) groups excluding carboxylic acids is 1. The molecule has 0 radical (unpaired) electrons. The number of hydrogen-bond donors (Lipinski definition) is 2. The second-order valence-electron chi connectivity index (χ2n) is 4.60. The average molecular weight is 237 g/mol. The normalized spacial score (nSPS) is 21.4. The molecule has 0 saturated heterocycles. The molecule has 4 heteroatoms. The summed E-state index contributed by atoms with van der Waals surface area (Å²) >= 11 is 6.08. The highest BCUT2D eigenvalue weighted by atomic mass is 35.5. The third-order valence-corrected chi connectivity index (χ3v) is 3.98. The molecule has 3 nitrogen and oxygen atoms in total. The molecule has 1 saturated carbocycles. The molecular formula is C12H13ClN2O. The summed E-state index contributed by atoms with van der Waals surface area (Å²) < 4.78 is 0. The Morgan fingerprint density at radius 2 is 2.12 bits per heavy atom. The maximum atomic E-state index is 12.1. The first-order valence-corrected chi connectivity index (χ1v) is 5.93. The average Bonchev–Trinajstić information content (AvgIpc) is 2.35. The first kappa shape index (κ1) is 9.97. The zero-order chi connectivity index (χ0) is 11.2. The smallest absolute Gasteiger partial charge is 0.232 e. The Balaban J connectivity index is 2.00. The summed E-state index contributed by atoms with van der Waals surface area (Å²) in [5.41, 5.74) is 1.44. The second-order valence-corrected chi connectivity index (χ2v) is 5.01. The van der Waals surface area contributed by atoms with Gasteiger partial charge in [-0.05, 0) is 25.0 Å². The summed E-state index contributed by atoms with van der Waals surface area (Å²) in [4.78, 5) is 12.1. The number of halogens is 1. The molecule has 1 aromatic carbocycles. The monoisotopic (exact) mass is 236 g/mol. The van der Waals surface area contributed by atoms with E-state index in [2.05, 4.69) is 10.6 Å². The molecule has 0 bridgehead atoms. The van der Waals surface area contributed by atoms with Gasteiger partial charge in [-0.3, -0.25) is 4.79 Å². The lowest BCUT2D eigenvalue weighted by Crippen LogP contribution is -2.45. The fraction of sp³-hybridized carbons (Fsp3) is 0.417. The van der Waals surface area contributed by atoms with E-state index in [1.165, 1.54) is 0 Å². The molecule has 1 fully saturated rings. The highest BCUT2D eigenvalue weighted by molar-refractivity contribution is 6.34. The van der Waals surface area contributed by atoms with Crippen LogP contribution in [0.1, 0.15) is 19.3 Å². The standard InChI is InChI=1S/C12H13ClN2O/c13-8-3-1-4-9-10(8)15-11(16)12(7-14-9)5-2-6-12/h1,3-4,14H,2,5-7H2,(H,15,16). The van der Waals surface area contributed by atoms with Crippen molar-refractivity contribution in [3.8, 4) is 0 Å². The Hall–Kier alpha value is -1.22. The van der Waals surface area contributed by atoms with Crippen LogP contribution in [0.3, 0.4) is 0 Å². The molecule has 84 valence electrons. The Kier molecular flexibility index (Phi) is 2.11. The van der Waals surface area contributed by atoms with Gasteiger partial charge in [0.05, 0.1) is 21.8 Å². The number of carbonyl (C=O) groups is 1. The summed E-state index contributed by atoms with van der Waals surface area (Å²) in [6.45, 7) is 0.714. The maximum Gasteiger partial charge on any atom is 0.232 e. The SMILES string of the molecule is O=C1Nc2c(Cl)cccc2NCC12CCC2. The van der Waals surface area contributed by atoms with E-state index in [4.69, 9.17) is 11.6 Å². The van der Waals surface area contributed by atoms with Crippen LogP contribution in [0.15, 0.2) is 18.2 Å². The number of amides is 1. The van der Waals surface area contributed by atoms with Gasteiger partial charge in [0.15, 0.2) is 0 Å². The van der Waals surface area contributed by atoms with E-state index in [9.17, 15) is 4.79 Å². The number of fused-ring (bicyclic) bond motifs is 1. The van der Waals surface area contributed by atoms with Gasteiger partial charge in [0.25, 0.3) is 0 Å². The van der Waals surface area contributed by atoms with Crippen LogP contribution in [-0.4, -0.2) is 12.5 Å². The molecule has 2 N–H and O–H groups in total. The van der Waals surface area contributed by atoms with Gasteiger partial charge in [-0.1, -0.05) is 24.1 Å². The highest BCUT2D eigenvalue weighted by Gasteiger charge is 2.45. The molecular weight excluding hydrogens is 224 g/mol. The van der Waals surface area contributed by atoms with Gasteiger partial charge in [-0.15, -0.1) is 0 Å². The van der Waals surface area contributed by atoms with Crippen LogP contribution in [0.4, 0.5) is 11.4 Å². The molecule has 1 heterocycles. The van der Waals surface area contributed by atoms with Crippen LogP contribution in [-0.2, 0) is 4.79 Å². The first-order chi connectivity index (χ1) is 7.71. The molecule has 1 aliphatic heterocycles. The van der Waals surface area contributed by atoms with Crippen LogP contribution in [0.5, 0.6) is 0 Å². The van der Waals surface area contributed by atoms with Gasteiger partial charge in [0.2, 0.25) is 5.91 Å². The number of hydrogen-bond acceptors (Lipinski definition) is 2. The largest absolute Gasteiger partial charge is 0.382 e. The molecule has 1 amide bonds. The van der Waals surface area contributed by atoms with Crippen LogP contribution < -0.4 is 10.6 Å². The van der Waals surface area contributed by atoms with Crippen LogP contribution in [0.2, 0.25) is 5.02 Å². The van der Waals surface area contributed by atoms with Crippen molar-refractivity contribution in [2.75, 3.05) is 17.2 Å². The Bertz CT molecular complexity index is 454. The Labute approximate surface area is 99.2 Å². The molecule has 1 spiro atoms. The minimum Gasteiger partial charge on any atom is -0.382 e. The van der Waals surface area contributed by atoms with Crippen molar-refractivity contribution in [2.45, 2.75) is 19.3 Å². The lowest BCUT2D eigenvalue weighted by atomic mass is 9.68. The lowest BCUT2D eigenvalue weighted by Gasteiger charge is -2.38. The fourth-order valence-corrected chi connectivity index (χ4v) is 2.62. The maximum absolute atomic E-state index is 12.1. The van der Waals surface area contributed by atoms with E-state index in [-0.39, 0.29) is 11.3 Å². The topological polar surface area (TPSA) is 41.1 Å². The predicted molar refractivity (Wildman–Crippen MR) is 64.9 cm³/mol. The molecule has 16 heavy (non-hydrogen) atoms. The van der Waals surface area contributed by atoms with Crippen LogP contribution in [0.25, 0.3) is 0 Å². The molecule has 1 aliphatic carbocycles. The van der Waals surface area contributed by atoms with Gasteiger partial charge in [0.1, 0.15) is 0 Å². The molecule has 0 atom stereocenters. The van der Waals surface area contributed by atoms with Crippen molar-refractivity contribution in [1.29, 1.82) is 0 Å². The highest BCUT2D eigenvalue weighted by Crippen LogP contribution is 2.45. The van der Waals surface area contributed by atoms with E-state index in [0.29, 0.717) is 11.6 Å². The van der Waals surface area contributed by atoms with E-state index < -0.39 is 0 Å². The van der Waals surface area contributed by atoms with Crippen molar-refractivity contribution in [3.63, 3.8) is 0 Å². The van der Waals surface area contributed by atoms with E-state index >= 15 is 0 Å². The number of rotatable bonds is 0. The molecule has 3 rings (SSSR count). The van der Waals surface area contributed by atoms with Crippen molar-refractivity contribution < 1.29 is 4.79 Å². The van der Waals surface area contributed by atoms with Crippen molar-refractivity contribution in [1.82, 2.24) is 0 Å². The summed E-state index contributed by atoms with van der Waals surface area (Å²) in [5.74, 6) is 0.109. The predicted octanol–water partition coefficient (Wildman–Crippen LogP) is 2.87. The summed E-state index contributed by atoms with van der Waals surface area (Å²) in [5, 5.41) is 6.86.